The van der Waals surface area contributed by atoms with Crippen LogP contribution in [0.25, 0.3) is 0 Å². The zero-order chi connectivity index (χ0) is 18.2. The monoisotopic (exact) mass is 368 g/mol. The second-order valence-electron chi connectivity index (χ2n) is 7.04. The van der Waals surface area contributed by atoms with Crippen molar-refractivity contribution in [2.75, 3.05) is 18.8 Å². The summed E-state index contributed by atoms with van der Waals surface area (Å²) in [6.45, 7) is 6.10. The molecule has 0 unspecified atom stereocenters. The summed E-state index contributed by atoms with van der Waals surface area (Å²) in [4.78, 5) is 15.8. The minimum absolute atomic E-state index is 0.0806. The number of hydrogen-bond donors (Lipinski definition) is 1. The highest BCUT2D eigenvalue weighted by molar-refractivity contribution is 8.00. The average Bonchev–Trinajstić information content (AvgIpc) is 2.67. The molecule has 0 bridgehead atoms. The third-order valence-corrected chi connectivity index (χ3v) is 5.74. The molecule has 0 spiro atoms. The van der Waals surface area contributed by atoms with Gasteiger partial charge in [-0.3, -0.25) is 9.69 Å². The molecule has 3 nitrogen and oxygen atoms in total. The molecule has 26 heavy (non-hydrogen) atoms. The Morgan fingerprint density at radius 3 is 2.54 bits per heavy atom. The molecule has 1 saturated heterocycles. The smallest absolute Gasteiger partial charge is 0.230 e. The van der Waals surface area contributed by atoms with Crippen LogP contribution in [0, 0.1) is 6.92 Å². The molecule has 1 heterocycles. The van der Waals surface area contributed by atoms with Gasteiger partial charge in [-0.05, 0) is 56.1 Å². The van der Waals surface area contributed by atoms with Gasteiger partial charge in [0.15, 0.2) is 0 Å². The molecule has 0 aliphatic carbocycles. The molecule has 1 amide bonds. The number of rotatable bonds is 7. The van der Waals surface area contributed by atoms with Crippen LogP contribution in [-0.2, 0) is 17.9 Å². The van der Waals surface area contributed by atoms with Gasteiger partial charge in [-0.25, -0.2) is 0 Å². The first kappa shape index (κ1) is 19.0. The first-order valence-electron chi connectivity index (χ1n) is 9.45. The second kappa shape index (κ2) is 9.79. The molecular formula is C22H28N2OS. The van der Waals surface area contributed by atoms with Gasteiger partial charge in [-0.15, -0.1) is 11.8 Å². The van der Waals surface area contributed by atoms with Crippen molar-refractivity contribution in [2.45, 2.75) is 44.2 Å². The summed E-state index contributed by atoms with van der Waals surface area (Å²) >= 11 is 1.58. The van der Waals surface area contributed by atoms with Gasteiger partial charge in [0.25, 0.3) is 0 Å². The molecule has 3 rings (SSSR count). The molecule has 2 aromatic carbocycles. The van der Waals surface area contributed by atoms with E-state index in [0.29, 0.717) is 12.3 Å². The van der Waals surface area contributed by atoms with Gasteiger partial charge < -0.3 is 5.32 Å². The maximum atomic E-state index is 12.1. The number of nitrogens with one attached hydrogen (secondary N) is 1. The Bertz CT molecular complexity index is 708. The van der Waals surface area contributed by atoms with Crippen LogP contribution in [0.15, 0.2) is 53.4 Å². The SMILES string of the molecule is Cc1ccc(SCC(=O)NCc2cccc(CN3CCCCC3)c2)cc1. The topological polar surface area (TPSA) is 32.3 Å². The van der Waals surface area contributed by atoms with E-state index in [1.807, 2.05) is 0 Å². The van der Waals surface area contributed by atoms with Crippen LogP contribution < -0.4 is 5.32 Å². The van der Waals surface area contributed by atoms with Crippen LogP contribution in [0.2, 0.25) is 0 Å². The molecular weight excluding hydrogens is 340 g/mol. The van der Waals surface area contributed by atoms with E-state index in [1.165, 1.54) is 49.0 Å². The van der Waals surface area contributed by atoms with E-state index >= 15 is 0 Å². The van der Waals surface area contributed by atoms with Crippen molar-refractivity contribution >= 4 is 17.7 Å². The fourth-order valence-corrected chi connectivity index (χ4v) is 3.98. The minimum atomic E-state index is 0.0806. The Morgan fingerprint density at radius 2 is 1.77 bits per heavy atom. The molecule has 2 aromatic rings. The fraction of sp³-hybridized carbons (Fsp3) is 0.409. The van der Waals surface area contributed by atoms with Crippen LogP contribution in [0.5, 0.6) is 0 Å². The molecule has 4 heteroatoms. The zero-order valence-electron chi connectivity index (χ0n) is 15.5. The van der Waals surface area contributed by atoms with Crippen LogP contribution in [0.1, 0.15) is 36.0 Å². The first-order chi connectivity index (χ1) is 12.7. The molecule has 0 atom stereocenters. The maximum Gasteiger partial charge on any atom is 0.230 e. The Balaban J connectivity index is 1.44. The number of benzene rings is 2. The number of carbonyl (C=O) groups excluding carboxylic acids is 1. The highest BCUT2D eigenvalue weighted by Gasteiger charge is 2.10. The summed E-state index contributed by atoms with van der Waals surface area (Å²) in [5, 5.41) is 3.04. The third-order valence-electron chi connectivity index (χ3n) is 4.73. The van der Waals surface area contributed by atoms with Gasteiger partial charge in [0.05, 0.1) is 5.75 Å². The fourth-order valence-electron chi connectivity index (χ4n) is 3.25. The number of carbonyl (C=O) groups is 1. The van der Waals surface area contributed by atoms with E-state index in [1.54, 1.807) is 11.8 Å². The predicted molar refractivity (Wildman–Crippen MR) is 109 cm³/mol. The Hall–Kier alpha value is -1.78. The van der Waals surface area contributed by atoms with E-state index in [9.17, 15) is 4.79 Å². The lowest BCUT2D eigenvalue weighted by Gasteiger charge is -2.26. The van der Waals surface area contributed by atoms with Gasteiger partial charge in [0.1, 0.15) is 0 Å². The molecule has 1 aliphatic rings. The van der Waals surface area contributed by atoms with E-state index in [2.05, 4.69) is 65.7 Å². The molecule has 1 fully saturated rings. The summed E-state index contributed by atoms with van der Waals surface area (Å²) in [7, 11) is 0. The molecule has 138 valence electrons. The van der Waals surface area contributed by atoms with E-state index in [0.717, 1.165) is 11.4 Å². The quantitative estimate of drug-likeness (QED) is 0.736. The Labute approximate surface area is 161 Å². The summed E-state index contributed by atoms with van der Waals surface area (Å²) < 4.78 is 0. The van der Waals surface area contributed by atoms with Crippen molar-refractivity contribution in [3.8, 4) is 0 Å². The van der Waals surface area contributed by atoms with Crippen molar-refractivity contribution < 1.29 is 4.79 Å². The predicted octanol–water partition coefficient (Wildman–Crippen LogP) is 4.39. The number of thioether (sulfide) groups is 1. The van der Waals surface area contributed by atoms with Crippen molar-refractivity contribution in [3.63, 3.8) is 0 Å². The molecule has 1 N–H and O–H groups in total. The van der Waals surface area contributed by atoms with Crippen molar-refractivity contribution in [1.82, 2.24) is 10.2 Å². The van der Waals surface area contributed by atoms with Gasteiger partial charge in [0, 0.05) is 18.0 Å². The zero-order valence-corrected chi connectivity index (χ0v) is 16.4. The second-order valence-corrected chi connectivity index (χ2v) is 8.08. The Morgan fingerprint density at radius 1 is 1.04 bits per heavy atom. The van der Waals surface area contributed by atoms with Crippen LogP contribution in [0.3, 0.4) is 0 Å². The van der Waals surface area contributed by atoms with Gasteiger partial charge in [-0.1, -0.05) is 48.4 Å². The highest BCUT2D eigenvalue weighted by atomic mass is 32.2. The number of hydrogen-bond acceptors (Lipinski definition) is 3. The number of piperidine rings is 1. The van der Waals surface area contributed by atoms with Gasteiger partial charge >= 0.3 is 0 Å². The van der Waals surface area contributed by atoms with E-state index in [-0.39, 0.29) is 5.91 Å². The normalized spacial score (nSPS) is 15.0. The maximum absolute atomic E-state index is 12.1. The Kier molecular flexibility index (Phi) is 7.15. The standard InChI is InChI=1S/C22H28N2OS/c1-18-8-10-21(11-9-18)26-17-22(25)23-15-19-6-5-7-20(14-19)16-24-12-3-2-4-13-24/h5-11,14H,2-4,12-13,15-17H2,1H3,(H,23,25). The summed E-state index contributed by atoms with van der Waals surface area (Å²) in [6.07, 6.45) is 3.99. The molecule has 0 aromatic heterocycles. The first-order valence-corrected chi connectivity index (χ1v) is 10.4. The lowest BCUT2D eigenvalue weighted by Crippen LogP contribution is -2.29. The van der Waals surface area contributed by atoms with E-state index < -0.39 is 0 Å². The molecule has 1 aliphatic heterocycles. The number of aryl methyl sites for hydroxylation is 1. The van der Waals surface area contributed by atoms with Gasteiger partial charge in [-0.2, -0.15) is 0 Å². The van der Waals surface area contributed by atoms with Crippen molar-refractivity contribution in [2.24, 2.45) is 0 Å². The lowest BCUT2D eigenvalue weighted by atomic mass is 10.1. The summed E-state index contributed by atoms with van der Waals surface area (Å²) in [5.41, 5.74) is 3.75. The van der Waals surface area contributed by atoms with Crippen LogP contribution in [0.4, 0.5) is 0 Å². The lowest BCUT2D eigenvalue weighted by molar-refractivity contribution is -0.118. The van der Waals surface area contributed by atoms with Crippen molar-refractivity contribution in [3.05, 3.63) is 65.2 Å². The average molecular weight is 369 g/mol. The van der Waals surface area contributed by atoms with Crippen LogP contribution >= 0.6 is 11.8 Å². The molecule has 0 saturated carbocycles. The third kappa shape index (κ3) is 6.19. The van der Waals surface area contributed by atoms with Crippen LogP contribution in [-0.4, -0.2) is 29.6 Å². The van der Waals surface area contributed by atoms with Gasteiger partial charge in [0.2, 0.25) is 5.91 Å². The summed E-state index contributed by atoms with van der Waals surface area (Å²) in [5.74, 6) is 0.535. The number of amides is 1. The van der Waals surface area contributed by atoms with E-state index in [4.69, 9.17) is 0 Å². The largest absolute Gasteiger partial charge is 0.351 e. The highest BCUT2D eigenvalue weighted by Crippen LogP contribution is 2.18. The number of likely N-dealkylation sites (tertiary alicyclic amines) is 1. The minimum Gasteiger partial charge on any atom is -0.351 e. The molecule has 0 radical (unpaired) electrons. The van der Waals surface area contributed by atoms with Crippen molar-refractivity contribution in [1.29, 1.82) is 0 Å². The number of nitrogens with zero attached hydrogens (tertiary/aromatic N) is 1. The summed E-state index contributed by atoms with van der Waals surface area (Å²) in [6, 6.07) is 16.9.